The van der Waals surface area contributed by atoms with Crippen molar-refractivity contribution in [3.05, 3.63) is 0 Å². The van der Waals surface area contributed by atoms with E-state index in [-0.39, 0.29) is 48.6 Å². The summed E-state index contributed by atoms with van der Waals surface area (Å²) in [4.78, 5) is 30.8. The zero-order valence-electron chi connectivity index (χ0n) is 14.0. The number of nitrogens with zero attached hydrogens (tertiary/aromatic N) is 3. The van der Waals surface area contributed by atoms with Crippen LogP contribution in [0.15, 0.2) is 0 Å². The molecule has 132 valence electrons. The van der Waals surface area contributed by atoms with Crippen molar-refractivity contribution in [1.82, 2.24) is 20.0 Å². The maximum absolute atomic E-state index is 12.6. The van der Waals surface area contributed by atoms with Crippen LogP contribution >= 0.6 is 12.4 Å². The lowest BCUT2D eigenvalue weighted by Crippen LogP contribution is -2.50. The van der Waals surface area contributed by atoms with E-state index in [0.29, 0.717) is 6.42 Å². The van der Waals surface area contributed by atoms with Crippen LogP contribution in [0.25, 0.3) is 0 Å². The van der Waals surface area contributed by atoms with Gasteiger partial charge >= 0.3 is 12.0 Å². The quantitative estimate of drug-likeness (QED) is 0.737. The van der Waals surface area contributed by atoms with E-state index in [2.05, 4.69) is 24.1 Å². The van der Waals surface area contributed by atoms with Crippen molar-refractivity contribution in [1.29, 1.82) is 0 Å². The Bertz CT molecular complexity index is 462. The van der Waals surface area contributed by atoms with E-state index in [1.54, 1.807) is 0 Å². The van der Waals surface area contributed by atoms with Gasteiger partial charge in [-0.2, -0.15) is 0 Å². The molecule has 8 heteroatoms. The Hall–Kier alpha value is -1.05. The second kappa shape index (κ2) is 7.23. The van der Waals surface area contributed by atoms with E-state index in [0.717, 1.165) is 32.7 Å². The molecule has 0 radical (unpaired) electrons. The molecule has 0 aliphatic carbocycles. The Morgan fingerprint density at radius 3 is 2.61 bits per heavy atom. The summed E-state index contributed by atoms with van der Waals surface area (Å²) < 4.78 is 4.94. The van der Waals surface area contributed by atoms with Gasteiger partial charge in [-0.05, 0) is 20.3 Å². The molecule has 3 aliphatic heterocycles. The van der Waals surface area contributed by atoms with Crippen LogP contribution in [-0.4, -0.2) is 90.7 Å². The second-order valence-corrected chi connectivity index (χ2v) is 6.71. The van der Waals surface area contributed by atoms with Gasteiger partial charge in [-0.1, -0.05) is 0 Å². The number of rotatable bonds is 3. The minimum atomic E-state index is -0.237. The molecule has 2 amide bonds. The van der Waals surface area contributed by atoms with E-state index in [1.165, 1.54) is 7.11 Å². The van der Waals surface area contributed by atoms with Crippen molar-refractivity contribution in [3.8, 4) is 0 Å². The molecule has 3 rings (SSSR count). The number of piperazine rings is 1. The average molecular weight is 347 g/mol. The Kier molecular flexibility index (Phi) is 5.75. The highest BCUT2D eigenvalue weighted by Gasteiger charge is 2.47. The fourth-order valence-electron chi connectivity index (χ4n) is 3.95. The predicted octanol–water partition coefficient (Wildman–Crippen LogP) is 0.142. The maximum atomic E-state index is 12.6. The van der Waals surface area contributed by atoms with Gasteiger partial charge in [0, 0.05) is 44.8 Å². The first-order valence-corrected chi connectivity index (χ1v) is 8.14. The van der Waals surface area contributed by atoms with Gasteiger partial charge in [0.2, 0.25) is 0 Å². The van der Waals surface area contributed by atoms with Gasteiger partial charge < -0.3 is 19.9 Å². The number of hydrogen-bond acceptors (Lipinski definition) is 5. The summed E-state index contributed by atoms with van der Waals surface area (Å²) in [7, 11) is 1.43. The largest absolute Gasteiger partial charge is 0.468 e. The lowest BCUT2D eigenvalue weighted by atomic mass is 10.1. The third-order valence-corrected chi connectivity index (χ3v) is 5.14. The Morgan fingerprint density at radius 2 is 2.00 bits per heavy atom. The van der Waals surface area contributed by atoms with E-state index in [4.69, 9.17) is 4.74 Å². The van der Waals surface area contributed by atoms with Crippen molar-refractivity contribution in [2.24, 2.45) is 0 Å². The van der Waals surface area contributed by atoms with Gasteiger partial charge in [0.15, 0.2) is 0 Å². The van der Waals surface area contributed by atoms with Crippen LogP contribution in [0, 0.1) is 0 Å². The molecule has 3 aliphatic rings. The zero-order chi connectivity index (χ0) is 15.9. The fraction of sp³-hybridized carbons (Fsp3) is 0.867. The van der Waals surface area contributed by atoms with Gasteiger partial charge in [0.25, 0.3) is 0 Å². The van der Waals surface area contributed by atoms with Gasteiger partial charge in [-0.15, -0.1) is 12.4 Å². The number of fused-ring (bicyclic) bond motifs is 1. The molecule has 3 atom stereocenters. The molecular weight excluding hydrogens is 320 g/mol. The third kappa shape index (κ3) is 3.27. The maximum Gasteiger partial charge on any atom is 0.323 e. The number of nitrogens with one attached hydrogen (secondary N) is 1. The molecule has 3 saturated heterocycles. The molecule has 0 saturated carbocycles. The van der Waals surface area contributed by atoms with Crippen molar-refractivity contribution >= 4 is 24.4 Å². The number of hydrogen-bond donors (Lipinski definition) is 1. The highest BCUT2D eigenvalue weighted by Crippen LogP contribution is 2.29. The monoisotopic (exact) mass is 346 g/mol. The van der Waals surface area contributed by atoms with Crippen LogP contribution in [0.1, 0.15) is 20.3 Å². The molecule has 3 fully saturated rings. The van der Waals surface area contributed by atoms with E-state index in [9.17, 15) is 9.59 Å². The first kappa shape index (κ1) is 18.3. The molecule has 0 spiro atoms. The van der Waals surface area contributed by atoms with Crippen LogP contribution in [0.5, 0.6) is 0 Å². The Morgan fingerprint density at radius 1 is 1.26 bits per heavy atom. The molecule has 23 heavy (non-hydrogen) atoms. The molecule has 1 N–H and O–H groups in total. The number of carbonyl (C=O) groups is 2. The second-order valence-electron chi connectivity index (χ2n) is 6.71. The van der Waals surface area contributed by atoms with Crippen LogP contribution < -0.4 is 5.32 Å². The van der Waals surface area contributed by atoms with Gasteiger partial charge in [-0.25, -0.2) is 4.79 Å². The number of ether oxygens (including phenoxy) is 1. The van der Waals surface area contributed by atoms with Crippen LogP contribution in [0.4, 0.5) is 4.79 Å². The summed E-state index contributed by atoms with van der Waals surface area (Å²) in [5, 5.41) is 3.35. The number of esters is 1. The first-order chi connectivity index (χ1) is 10.5. The molecule has 3 heterocycles. The summed E-state index contributed by atoms with van der Waals surface area (Å²) in [6.07, 6.45) is 0.671. The standard InChI is InChI=1S/C15H26N4O3.ClH/c1-10(2)18-8-11(6-13(18)14(20)22-3)19-9-12-7-16-4-5-17(12)15(19)21;/h10-13,16H,4-9H2,1-3H3;1H/t11-,12+,13-;/m1./s1. The lowest BCUT2D eigenvalue weighted by molar-refractivity contribution is -0.146. The third-order valence-electron chi connectivity index (χ3n) is 5.14. The average Bonchev–Trinajstić information content (AvgIpc) is 3.09. The molecule has 7 nitrogen and oxygen atoms in total. The molecule has 0 aromatic heterocycles. The summed E-state index contributed by atoms with van der Waals surface area (Å²) in [6, 6.07) is 0.524. The minimum Gasteiger partial charge on any atom is -0.468 e. The normalized spacial score (nSPS) is 31.3. The van der Waals surface area contributed by atoms with Crippen molar-refractivity contribution in [2.45, 2.75) is 44.4 Å². The molecule has 0 aromatic rings. The van der Waals surface area contributed by atoms with E-state index < -0.39 is 0 Å². The fourth-order valence-corrected chi connectivity index (χ4v) is 3.95. The number of urea groups is 1. The summed E-state index contributed by atoms with van der Waals surface area (Å²) in [6.45, 7) is 8.18. The first-order valence-electron chi connectivity index (χ1n) is 8.14. The zero-order valence-corrected chi connectivity index (χ0v) is 14.8. The molecule has 0 aromatic carbocycles. The Labute approximate surface area is 143 Å². The van der Waals surface area contributed by atoms with Crippen LogP contribution in [0.3, 0.4) is 0 Å². The van der Waals surface area contributed by atoms with Crippen LogP contribution in [0.2, 0.25) is 0 Å². The summed E-state index contributed by atoms with van der Waals surface area (Å²) >= 11 is 0. The number of likely N-dealkylation sites (tertiary alicyclic amines) is 1. The van der Waals surface area contributed by atoms with Crippen molar-refractivity contribution < 1.29 is 14.3 Å². The smallest absolute Gasteiger partial charge is 0.323 e. The highest BCUT2D eigenvalue weighted by molar-refractivity contribution is 5.85. The molecular formula is C15H27ClN4O3. The molecule has 0 unspecified atom stereocenters. The van der Waals surface area contributed by atoms with Gasteiger partial charge in [-0.3, -0.25) is 9.69 Å². The topological polar surface area (TPSA) is 65.1 Å². The predicted molar refractivity (Wildman–Crippen MR) is 88.8 cm³/mol. The SMILES string of the molecule is COC(=O)[C@H]1C[C@@H](N2C[C@@H]3CNCCN3C2=O)CN1C(C)C.Cl. The lowest BCUT2D eigenvalue weighted by Gasteiger charge is -2.28. The minimum absolute atomic E-state index is 0. The number of amides is 2. The van der Waals surface area contributed by atoms with E-state index >= 15 is 0 Å². The van der Waals surface area contributed by atoms with Crippen LogP contribution in [-0.2, 0) is 9.53 Å². The Balaban J connectivity index is 0.00000192. The number of carbonyl (C=O) groups excluding carboxylic acids is 2. The van der Waals surface area contributed by atoms with Gasteiger partial charge in [0.05, 0.1) is 13.2 Å². The van der Waals surface area contributed by atoms with Gasteiger partial charge in [0.1, 0.15) is 6.04 Å². The highest BCUT2D eigenvalue weighted by atomic mass is 35.5. The summed E-state index contributed by atoms with van der Waals surface area (Å²) in [5.74, 6) is -0.192. The number of halogens is 1. The summed E-state index contributed by atoms with van der Waals surface area (Å²) in [5.41, 5.74) is 0. The van der Waals surface area contributed by atoms with Crippen molar-refractivity contribution in [3.63, 3.8) is 0 Å². The number of methoxy groups -OCH3 is 1. The molecule has 0 bridgehead atoms. The van der Waals surface area contributed by atoms with Crippen molar-refractivity contribution in [2.75, 3.05) is 39.8 Å². The van der Waals surface area contributed by atoms with E-state index in [1.807, 2.05) is 9.80 Å².